The zero-order chi connectivity index (χ0) is 17.6. The Kier molecular flexibility index (Phi) is 5.28. The molecule has 0 spiro atoms. The summed E-state index contributed by atoms with van der Waals surface area (Å²) in [6, 6.07) is 14.4. The zero-order valence-corrected chi connectivity index (χ0v) is 13.7. The second-order valence-corrected chi connectivity index (χ2v) is 5.89. The number of hydrogen-bond acceptors (Lipinski definition) is 3. The Morgan fingerprint density at radius 2 is 1.96 bits per heavy atom. The molecule has 1 aliphatic heterocycles. The van der Waals surface area contributed by atoms with Gasteiger partial charge in [0.1, 0.15) is 18.5 Å². The number of benzene rings is 2. The summed E-state index contributed by atoms with van der Waals surface area (Å²) in [4.78, 5) is 26.2. The number of carbonyl (C=O) groups excluding carboxylic acids is 2. The Morgan fingerprint density at radius 3 is 2.72 bits per heavy atom. The van der Waals surface area contributed by atoms with E-state index in [9.17, 15) is 14.0 Å². The minimum atomic E-state index is -0.605. The minimum Gasteiger partial charge on any atom is -0.445 e. The van der Waals surface area contributed by atoms with E-state index in [4.69, 9.17) is 4.74 Å². The molecule has 0 aromatic heterocycles. The first-order valence-corrected chi connectivity index (χ1v) is 8.17. The number of likely N-dealkylation sites (tertiary alicyclic amines) is 1. The molecule has 25 heavy (non-hydrogen) atoms. The summed E-state index contributed by atoms with van der Waals surface area (Å²) in [6.45, 7) is 0.628. The Labute approximate surface area is 145 Å². The number of nitrogens with zero attached hydrogens (tertiary/aromatic N) is 1. The van der Waals surface area contributed by atoms with Crippen molar-refractivity contribution >= 4 is 17.7 Å². The predicted molar refractivity (Wildman–Crippen MR) is 91.4 cm³/mol. The maximum Gasteiger partial charge on any atom is 0.410 e. The van der Waals surface area contributed by atoms with Gasteiger partial charge in [0.15, 0.2) is 0 Å². The zero-order valence-electron chi connectivity index (χ0n) is 13.7. The first-order chi connectivity index (χ1) is 12.1. The van der Waals surface area contributed by atoms with Gasteiger partial charge >= 0.3 is 6.09 Å². The standard InChI is InChI=1S/C19H19FN2O3/c20-15-8-4-9-16(12-15)21-18(23)17-10-5-11-22(17)19(24)25-13-14-6-2-1-3-7-14/h1-4,6-9,12,17H,5,10-11,13H2,(H,21,23)/t17-/m1/s1. The van der Waals surface area contributed by atoms with Crippen molar-refractivity contribution in [2.24, 2.45) is 0 Å². The molecule has 130 valence electrons. The lowest BCUT2D eigenvalue weighted by atomic mass is 10.2. The molecule has 0 unspecified atom stereocenters. The normalized spacial score (nSPS) is 16.5. The molecular formula is C19H19FN2O3. The lowest BCUT2D eigenvalue weighted by Gasteiger charge is -2.23. The first kappa shape index (κ1) is 17.0. The molecule has 0 radical (unpaired) electrons. The van der Waals surface area contributed by atoms with Gasteiger partial charge in [0.05, 0.1) is 0 Å². The van der Waals surface area contributed by atoms with E-state index in [-0.39, 0.29) is 12.5 Å². The number of rotatable bonds is 4. The van der Waals surface area contributed by atoms with Gasteiger partial charge in [-0.3, -0.25) is 9.69 Å². The van der Waals surface area contributed by atoms with Crippen LogP contribution in [0, 0.1) is 5.82 Å². The van der Waals surface area contributed by atoms with Crippen LogP contribution >= 0.6 is 0 Å². The van der Waals surface area contributed by atoms with E-state index >= 15 is 0 Å². The van der Waals surface area contributed by atoms with Crippen LogP contribution in [-0.4, -0.2) is 29.5 Å². The topological polar surface area (TPSA) is 58.6 Å². The minimum absolute atomic E-state index is 0.161. The molecule has 1 aliphatic rings. The van der Waals surface area contributed by atoms with Crippen LogP contribution in [0.1, 0.15) is 18.4 Å². The number of halogens is 1. The molecule has 5 nitrogen and oxygen atoms in total. The molecule has 1 fully saturated rings. The SMILES string of the molecule is O=C(Nc1cccc(F)c1)[C@H]1CCCN1C(=O)OCc1ccccc1. The van der Waals surface area contributed by atoms with Crippen molar-refractivity contribution in [1.82, 2.24) is 4.90 Å². The monoisotopic (exact) mass is 342 g/mol. The van der Waals surface area contributed by atoms with Gasteiger partial charge in [-0.1, -0.05) is 36.4 Å². The molecule has 1 atom stereocenters. The van der Waals surface area contributed by atoms with Gasteiger partial charge in [-0.15, -0.1) is 0 Å². The molecule has 1 N–H and O–H groups in total. The van der Waals surface area contributed by atoms with E-state index in [2.05, 4.69) is 5.32 Å². The van der Waals surface area contributed by atoms with E-state index in [0.29, 0.717) is 18.7 Å². The van der Waals surface area contributed by atoms with Crippen molar-refractivity contribution in [3.05, 3.63) is 66.0 Å². The highest BCUT2D eigenvalue weighted by Crippen LogP contribution is 2.21. The summed E-state index contributed by atoms with van der Waals surface area (Å²) in [6.07, 6.45) is 0.768. The van der Waals surface area contributed by atoms with Crippen molar-refractivity contribution in [3.8, 4) is 0 Å². The van der Waals surface area contributed by atoms with Crippen LogP contribution < -0.4 is 5.32 Å². The lowest BCUT2D eigenvalue weighted by Crippen LogP contribution is -2.43. The van der Waals surface area contributed by atoms with Gasteiger partial charge in [-0.05, 0) is 36.6 Å². The van der Waals surface area contributed by atoms with Crippen molar-refractivity contribution in [3.63, 3.8) is 0 Å². The van der Waals surface area contributed by atoms with Crippen LogP contribution in [-0.2, 0) is 16.1 Å². The third-order valence-corrected chi connectivity index (χ3v) is 4.09. The third-order valence-electron chi connectivity index (χ3n) is 4.09. The average Bonchev–Trinajstić information content (AvgIpc) is 3.10. The maximum absolute atomic E-state index is 13.2. The third kappa shape index (κ3) is 4.35. The molecule has 6 heteroatoms. The molecule has 1 heterocycles. The second kappa shape index (κ2) is 7.79. The van der Waals surface area contributed by atoms with Gasteiger partial charge in [0, 0.05) is 12.2 Å². The van der Waals surface area contributed by atoms with Crippen LogP contribution in [0.3, 0.4) is 0 Å². The van der Waals surface area contributed by atoms with Crippen LogP contribution in [0.2, 0.25) is 0 Å². The maximum atomic E-state index is 13.2. The fraction of sp³-hybridized carbons (Fsp3) is 0.263. The summed E-state index contributed by atoms with van der Waals surface area (Å²) in [5.41, 5.74) is 1.25. The molecule has 0 aliphatic carbocycles. The Hall–Kier alpha value is -2.89. The Balaban J connectivity index is 1.59. The molecule has 2 aromatic carbocycles. The molecule has 2 amide bonds. The van der Waals surface area contributed by atoms with Crippen LogP contribution in [0.15, 0.2) is 54.6 Å². The summed E-state index contributed by atoms with van der Waals surface area (Å²) in [5, 5.41) is 2.65. The van der Waals surface area contributed by atoms with E-state index in [0.717, 1.165) is 12.0 Å². The second-order valence-electron chi connectivity index (χ2n) is 5.89. The highest BCUT2D eigenvalue weighted by atomic mass is 19.1. The molecular weight excluding hydrogens is 323 g/mol. The van der Waals surface area contributed by atoms with Crippen LogP contribution in [0.4, 0.5) is 14.9 Å². The van der Waals surface area contributed by atoms with Gasteiger partial charge in [-0.2, -0.15) is 0 Å². The summed E-state index contributed by atoms with van der Waals surface area (Å²) < 4.78 is 18.5. The van der Waals surface area contributed by atoms with Gasteiger partial charge < -0.3 is 10.1 Å². The molecule has 2 aromatic rings. The fourth-order valence-electron chi connectivity index (χ4n) is 2.85. The van der Waals surface area contributed by atoms with E-state index in [1.54, 1.807) is 6.07 Å². The average molecular weight is 342 g/mol. The van der Waals surface area contributed by atoms with E-state index < -0.39 is 18.0 Å². The highest BCUT2D eigenvalue weighted by Gasteiger charge is 2.35. The van der Waals surface area contributed by atoms with Crippen LogP contribution in [0.5, 0.6) is 0 Å². The fourth-order valence-corrected chi connectivity index (χ4v) is 2.85. The van der Waals surface area contributed by atoms with E-state index in [1.165, 1.54) is 23.1 Å². The van der Waals surface area contributed by atoms with E-state index in [1.807, 2.05) is 30.3 Å². The number of anilines is 1. The molecule has 0 saturated carbocycles. The smallest absolute Gasteiger partial charge is 0.410 e. The highest BCUT2D eigenvalue weighted by molar-refractivity contribution is 5.96. The molecule has 3 rings (SSSR count). The number of hydrogen-bond donors (Lipinski definition) is 1. The number of amides is 2. The summed E-state index contributed by atoms with van der Waals surface area (Å²) in [5.74, 6) is -0.761. The van der Waals surface area contributed by atoms with Gasteiger partial charge in [0.25, 0.3) is 0 Å². The first-order valence-electron chi connectivity index (χ1n) is 8.17. The number of ether oxygens (including phenoxy) is 1. The summed E-state index contributed by atoms with van der Waals surface area (Å²) >= 11 is 0. The Bertz CT molecular complexity index is 751. The molecule has 0 bridgehead atoms. The number of carbonyl (C=O) groups is 2. The van der Waals surface area contributed by atoms with Crippen LogP contribution in [0.25, 0.3) is 0 Å². The van der Waals surface area contributed by atoms with Crippen molar-refractivity contribution < 1.29 is 18.7 Å². The predicted octanol–water partition coefficient (Wildman–Crippen LogP) is 3.57. The quantitative estimate of drug-likeness (QED) is 0.924. The lowest BCUT2D eigenvalue weighted by molar-refractivity contribution is -0.120. The van der Waals surface area contributed by atoms with Crippen molar-refractivity contribution in [1.29, 1.82) is 0 Å². The number of nitrogens with one attached hydrogen (secondary N) is 1. The van der Waals surface area contributed by atoms with Gasteiger partial charge in [-0.25, -0.2) is 9.18 Å². The van der Waals surface area contributed by atoms with Crippen molar-refractivity contribution in [2.75, 3.05) is 11.9 Å². The molecule has 1 saturated heterocycles. The van der Waals surface area contributed by atoms with Gasteiger partial charge in [0.2, 0.25) is 5.91 Å². The van der Waals surface area contributed by atoms with Crippen molar-refractivity contribution in [2.45, 2.75) is 25.5 Å². The largest absolute Gasteiger partial charge is 0.445 e. The summed E-state index contributed by atoms with van der Waals surface area (Å²) in [7, 11) is 0. The Morgan fingerprint density at radius 1 is 1.16 bits per heavy atom.